The molecule has 17 heavy (non-hydrogen) atoms. The minimum atomic E-state index is -0.152. The lowest BCUT2D eigenvalue weighted by Gasteiger charge is -2.26. The molecule has 1 saturated carbocycles. The zero-order valence-electron chi connectivity index (χ0n) is 11.1. The lowest BCUT2D eigenvalue weighted by molar-refractivity contribution is -0.123. The molecule has 4 heteroatoms. The van der Waals surface area contributed by atoms with Crippen LogP contribution >= 0.6 is 0 Å². The SMILES string of the molecule is COC(CN)CC(=O)NCC1CCC(C)CC1. The molecule has 1 amide bonds. The van der Waals surface area contributed by atoms with Gasteiger partial charge >= 0.3 is 0 Å². The first-order valence-corrected chi connectivity index (χ1v) is 6.65. The van der Waals surface area contributed by atoms with Crippen LogP contribution in [0.15, 0.2) is 0 Å². The average Bonchev–Trinajstić information content (AvgIpc) is 2.35. The Hall–Kier alpha value is -0.610. The van der Waals surface area contributed by atoms with Crippen molar-refractivity contribution in [3.8, 4) is 0 Å². The average molecular weight is 242 g/mol. The second kappa shape index (κ2) is 7.67. The number of carbonyl (C=O) groups excluding carboxylic acids is 1. The molecule has 1 aliphatic carbocycles. The van der Waals surface area contributed by atoms with Gasteiger partial charge in [0, 0.05) is 20.2 Å². The fourth-order valence-corrected chi connectivity index (χ4v) is 2.33. The van der Waals surface area contributed by atoms with Gasteiger partial charge in [0.1, 0.15) is 0 Å². The summed E-state index contributed by atoms with van der Waals surface area (Å²) in [6, 6.07) is 0. The molecule has 4 nitrogen and oxygen atoms in total. The molecule has 0 heterocycles. The van der Waals surface area contributed by atoms with Gasteiger partial charge in [-0.25, -0.2) is 0 Å². The Kier molecular flexibility index (Phi) is 6.52. The topological polar surface area (TPSA) is 64.3 Å². The molecule has 0 radical (unpaired) electrons. The van der Waals surface area contributed by atoms with Gasteiger partial charge in [-0.15, -0.1) is 0 Å². The Morgan fingerprint density at radius 3 is 2.59 bits per heavy atom. The molecule has 0 spiro atoms. The van der Waals surface area contributed by atoms with Crippen LogP contribution in [-0.2, 0) is 9.53 Å². The van der Waals surface area contributed by atoms with Crippen LogP contribution in [0.5, 0.6) is 0 Å². The number of nitrogens with one attached hydrogen (secondary N) is 1. The van der Waals surface area contributed by atoms with E-state index in [0.29, 0.717) is 18.9 Å². The molecule has 1 atom stereocenters. The summed E-state index contributed by atoms with van der Waals surface area (Å²) in [4.78, 5) is 11.6. The van der Waals surface area contributed by atoms with Gasteiger partial charge in [-0.3, -0.25) is 4.79 Å². The van der Waals surface area contributed by atoms with Crippen molar-refractivity contribution in [1.82, 2.24) is 5.32 Å². The largest absolute Gasteiger partial charge is 0.380 e. The number of carbonyl (C=O) groups is 1. The summed E-state index contributed by atoms with van der Waals surface area (Å²) in [5.41, 5.74) is 5.48. The van der Waals surface area contributed by atoms with Crippen molar-refractivity contribution >= 4 is 5.91 Å². The van der Waals surface area contributed by atoms with Gasteiger partial charge in [0.15, 0.2) is 0 Å². The summed E-state index contributed by atoms with van der Waals surface area (Å²) in [6.07, 6.45) is 5.30. The molecule has 1 rings (SSSR count). The standard InChI is InChI=1S/C13H26N2O2/c1-10-3-5-11(6-4-10)9-15-13(16)7-12(8-14)17-2/h10-12H,3-9,14H2,1-2H3,(H,15,16). The zero-order chi connectivity index (χ0) is 12.7. The lowest BCUT2D eigenvalue weighted by atomic mass is 9.83. The Bertz CT molecular complexity index is 221. The van der Waals surface area contributed by atoms with E-state index in [2.05, 4.69) is 12.2 Å². The van der Waals surface area contributed by atoms with Gasteiger partial charge in [-0.1, -0.05) is 19.8 Å². The number of rotatable bonds is 6. The third-order valence-corrected chi connectivity index (χ3v) is 3.73. The molecule has 0 bridgehead atoms. The highest BCUT2D eigenvalue weighted by atomic mass is 16.5. The molecule has 100 valence electrons. The lowest BCUT2D eigenvalue weighted by Crippen LogP contribution is -2.35. The van der Waals surface area contributed by atoms with Crippen molar-refractivity contribution in [2.75, 3.05) is 20.2 Å². The second-order valence-corrected chi connectivity index (χ2v) is 5.23. The van der Waals surface area contributed by atoms with Crippen LogP contribution in [0.3, 0.4) is 0 Å². The van der Waals surface area contributed by atoms with E-state index in [4.69, 9.17) is 10.5 Å². The number of hydrogen-bond acceptors (Lipinski definition) is 3. The van der Waals surface area contributed by atoms with Crippen LogP contribution < -0.4 is 11.1 Å². The van der Waals surface area contributed by atoms with E-state index in [1.54, 1.807) is 7.11 Å². The second-order valence-electron chi connectivity index (χ2n) is 5.23. The predicted molar refractivity (Wildman–Crippen MR) is 68.6 cm³/mol. The highest BCUT2D eigenvalue weighted by Gasteiger charge is 2.19. The molecule has 3 N–H and O–H groups in total. The minimum absolute atomic E-state index is 0.0564. The van der Waals surface area contributed by atoms with Crippen molar-refractivity contribution in [1.29, 1.82) is 0 Å². The fraction of sp³-hybridized carbons (Fsp3) is 0.923. The van der Waals surface area contributed by atoms with E-state index in [0.717, 1.165) is 12.5 Å². The number of nitrogens with two attached hydrogens (primary N) is 1. The fourth-order valence-electron chi connectivity index (χ4n) is 2.33. The highest BCUT2D eigenvalue weighted by molar-refractivity contribution is 5.76. The summed E-state index contributed by atoms with van der Waals surface area (Å²) >= 11 is 0. The van der Waals surface area contributed by atoms with Crippen LogP contribution in [0.2, 0.25) is 0 Å². The van der Waals surface area contributed by atoms with Crippen LogP contribution in [0.1, 0.15) is 39.0 Å². The number of methoxy groups -OCH3 is 1. The van der Waals surface area contributed by atoms with E-state index in [-0.39, 0.29) is 12.0 Å². The quantitative estimate of drug-likeness (QED) is 0.737. The van der Waals surface area contributed by atoms with Gasteiger partial charge in [-0.2, -0.15) is 0 Å². The molecule has 0 aromatic carbocycles. The number of hydrogen-bond donors (Lipinski definition) is 2. The summed E-state index contributed by atoms with van der Waals surface area (Å²) in [5, 5.41) is 2.99. The van der Waals surface area contributed by atoms with Gasteiger partial charge < -0.3 is 15.8 Å². The van der Waals surface area contributed by atoms with Crippen LogP contribution in [-0.4, -0.2) is 32.2 Å². The van der Waals surface area contributed by atoms with Crippen LogP contribution in [0, 0.1) is 11.8 Å². The summed E-state index contributed by atoms with van der Waals surface area (Å²) in [6.45, 7) is 3.51. The molecule has 1 aliphatic rings. The van der Waals surface area contributed by atoms with Gasteiger partial charge in [-0.05, 0) is 24.7 Å². The predicted octanol–water partition coefficient (Wildman–Crippen LogP) is 1.29. The summed E-state index contributed by atoms with van der Waals surface area (Å²) < 4.78 is 5.09. The van der Waals surface area contributed by atoms with Gasteiger partial charge in [0.2, 0.25) is 5.91 Å². The molecule has 0 aromatic rings. The molecule has 1 fully saturated rings. The van der Waals surface area contributed by atoms with Crippen molar-refractivity contribution < 1.29 is 9.53 Å². The van der Waals surface area contributed by atoms with Crippen LogP contribution in [0.4, 0.5) is 0 Å². The van der Waals surface area contributed by atoms with Crippen molar-refractivity contribution in [3.63, 3.8) is 0 Å². The molecule has 0 saturated heterocycles. The Morgan fingerprint density at radius 1 is 1.41 bits per heavy atom. The third kappa shape index (κ3) is 5.50. The Balaban J connectivity index is 2.15. The van der Waals surface area contributed by atoms with E-state index in [1.807, 2.05) is 0 Å². The first kappa shape index (κ1) is 14.5. The molecular weight excluding hydrogens is 216 g/mol. The van der Waals surface area contributed by atoms with E-state index in [1.165, 1.54) is 25.7 Å². The maximum absolute atomic E-state index is 11.6. The normalized spacial score (nSPS) is 26.5. The molecule has 0 aromatic heterocycles. The maximum Gasteiger partial charge on any atom is 0.222 e. The summed E-state index contributed by atoms with van der Waals surface area (Å²) in [5.74, 6) is 1.58. The first-order valence-electron chi connectivity index (χ1n) is 6.65. The molecular formula is C13H26N2O2. The van der Waals surface area contributed by atoms with Gasteiger partial charge in [0.05, 0.1) is 12.5 Å². The summed E-state index contributed by atoms with van der Waals surface area (Å²) in [7, 11) is 1.59. The van der Waals surface area contributed by atoms with E-state index < -0.39 is 0 Å². The first-order chi connectivity index (χ1) is 8.15. The molecule has 1 unspecified atom stereocenters. The monoisotopic (exact) mass is 242 g/mol. The maximum atomic E-state index is 11.6. The van der Waals surface area contributed by atoms with E-state index in [9.17, 15) is 4.79 Å². The zero-order valence-corrected chi connectivity index (χ0v) is 11.1. The van der Waals surface area contributed by atoms with Crippen LogP contribution in [0.25, 0.3) is 0 Å². The van der Waals surface area contributed by atoms with E-state index >= 15 is 0 Å². The van der Waals surface area contributed by atoms with Crippen molar-refractivity contribution in [2.24, 2.45) is 17.6 Å². The minimum Gasteiger partial charge on any atom is -0.380 e. The van der Waals surface area contributed by atoms with Gasteiger partial charge in [0.25, 0.3) is 0 Å². The molecule has 0 aliphatic heterocycles. The smallest absolute Gasteiger partial charge is 0.222 e. The third-order valence-electron chi connectivity index (χ3n) is 3.73. The Morgan fingerprint density at radius 2 is 2.06 bits per heavy atom. The number of ether oxygens (including phenoxy) is 1. The number of amides is 1. The highest BCUT2D eigenvalue weighted by Crippen LogP contribution is 2.27. The van der Waals surface area contributed by atoms with Crippen molar-refractivity contribution in [2.45, 2.75) is 45.1 Å². The van der Waals surface area contributed by atoms with Crippen molar-refractivity contribution in [3.05, 3.63) is 0 Å². The Labute approximate surface area is 104 Å².